The maximum absolute atomic E-state index is 15.5. The molecule has 0 radical (unpaired) electrons. The summed E-state index contributed by atoms with van der Waals surface area (Å²) in [6.07, 6.45) is 7.62. The quantitative estimate of drug-likeness (QED) is 0.402. The van der Waals surface area contributed by atoms with Crippen molar-refractivity contribution in [1.29, 1.82) is 0 Å². The Balaban J connectivity index is 1.45. The molecule has 1 unspecified atom stereocenters. The van der Waals surface area contributed by atoms with E-state index < -0.39 is 11.8 Å². The first kappa shape index (κ1) is 23.8. The second kappa shape index (κ2) is 9.60. The Kier molecular flexibility index (Phi) is 6.35. The summed E-state index contributed by atoms with van der Waals surface area (Å²) in [6, 6.07) is 7.61. The molecule has 36 heavy (non-hydrogen) atoms. The molecule has 4 aromatic rings. The van der Waals surface area contributed by atoms with Crippen molar-refractivity contribution in [1.82, 2.24) is 19.8 Å². The molecule has 5 rings (SSSR count). The number of halogens is 1. The van der Waals surface area contributed by atoms with Gasteiger partial charge in [-0.1, -0.05) is 5.92 Å². The van der Waals surface area contributed by atoms with Gasteiger partial charge < -0.3 is 19.7 Å². The molecule has 0 spiro atoms. The Labute approximate surface area is 210 Å². The van der Waals surface area contributed by atoms with Crippen LogP contribution >= 0.6 is 11.3 Å². The number of thiophene rings is 1. The Bertz CT molecular complexity index is 1540. The molecule has 1 aromatic carbocycles. The number of carbonyl (C=O) groups excluding carboxylic acids is 2. The number of hydrogen-bond donors (Lipinski definition) is 1. The number of fused-ring (bicyclic) bond motifs is 2. The van der Waals surface area contributed by atoms with Gasteiger partial charge in [0.05, 0.1) is 33.3 Å². The third-order valence-electron chi connectivity index (χ3n) is 6.18. The highest BCUT2D eigenvalue weighted by molar-refractivity contribution is 7.21. The van der Waals surface area contributed by atoms with E-state index in [0.29, 0.717) is 45.1 Å². The van der Waals surface area contributed by atoms with Crippen molar-refractivity contribution in [2.24, 2.45) is 0 Å². The number of benzene rings is 1. The molecule has 1 saturated heterocycles. The first-order chi connectivity index (χ1) is 17.4. The summed E-state index contributed by atoms with van der Waals surface area (Å²) in [5.41, 5.74) is 1.55. The van der Waals surface area contributed by atoms with Gasteiger partial charge in [-0.15, -0.1) is 17.8 Å². The summed E-state index contributed by atoms with van der Waals surface area (Å²) in [5.74, 6) is 2.05. The lowest BCUT2D eigenvalue weighted by atomic mass is 10.2. The van der Waals surface area contributed by atoms with Crippen LogP contribution in [0.3, 0.4) is 0 Å². The Hall–Kier alpha value is -3.94. The minimum atomic E-state index is -0.598. The number of nitrogens with one attached hydrogen (secondary N) is 1. The SMILES string of the molecule is C#CCNC(=O)n1c(C)cc2c(F)c(Oc3ccnc4cc(C(=O)N5CCC(OC)C5)sc34)ccc21. The zero-order chi connectivity index (χ0) is 25.4. The number of carbonyl (C=O) groups is 2. The topological polar surface area (TPSA) is 85.7 Å². The smallest absolute Gasteiger partial charge is 0.327 e. The van der Waals surface area contributed by atoms with Crippen molar-refractivity contribution in [2.45, 2.75) is 19.4 Å². The molecular formula is C26H23FN4O4S. The molecule has 1 aliphatic heterocycles. The molecule has 10 heteroatoms. The van der Waals surface area contributed by atoms with Crippen LogP contribution in [0.15, 0.2) is 36.5 Å². The van der Waals surface area contributed by atoms with Gasteiger partial charge in [0.1, 0.15) is 5.75 Å². The van der Waals surface area contributed by atoms with Crippen LogP contribution in [0, 0.1) is 25.1 Å². The third kappa shape index (κ3) is 4.17. The van der Waals surface area contributed by atoms with Crippen molar-refractivity contribution in [2.75, 3.05) is 26.7 Å². The normalized spacial score (nSPS) is 15.4. The van der Waals surface area contributed by atoms with Gasteiger partial charge in [0.25, 0.3) is 5.91 Å². The zero-order valence-corrected chi connectivity index (χ0v) is 20.5. The summed E-state index contributed by atoms with van der Waals surface area (Å²) in [4.78, 5) is 32.1. The van der Waals surface area contributed by atoms with E-state index in [1.807, 2.05) is 0 Å². The zero-order valence-electron chi connectivity index (χ0n) is 19.7. The molecule has 0 bridgehead atoms. The average Bonchev–Trinajstić information content (AvgIpc) is 3.61. The minimum absolute atomic E-state index is 0.0000566. The first-order valence-electron chi connectivity index (χ1n) is 11.3. The van der Waals surface area contributed by atoms with Crippen LogP contribution in [0.5, 0.6) is 11.5 Å². The van der Waals surface area contributed by atoms with Gasteiger partial charge in [-0.3, -0.25) is 14.3 Å². The second-order valence-electron chi connectivity index (χ2n) is 8.43. The molecular weight excluding hydrogens is 483 g/mol. The number of ether oxygens (including phenoxy) is 2. The van der Waals surface area contributed by atoms with Crippen LogP contribution < -0.4 is 10.1 Å². The van der Waals surface area contributed by atoms with E-state index in [9.17, 15) is 9.59 Å². The fraction of sp³-hybridized carbons (Fsp3) is 0.269. The predicted molar refractivity (Wildman–Crippen MR) is 135 cm³/mol. The number of hydrogen-bond acceptors (Lipinski definition) is 6. The number of aryl methyl sites for hydroxylation is 1. The number of likely N-dealkylation sites (tertiary alicyclic amines) is 1. The molecule has 2 amide bonds. The van der Waals surface area contributed by atoms with Crippen LogP contribution in [0.25, 0.3) is 21.1 Å². The molecule has 1 aliphatic rings. The monoisotopic (exact) mass is 506 g/mol. The molecule has 4 heterocycles. The Morgan fingerprint density at radius 3 is 2.89 bits per heavy atom. The van der Waals surface area contributed by atoms with Crippen LogP contribution in [-0.4, -0.2) is 59.2 Å². The number of amides is 2. The fourth-order valence-corrected chi connectivity index (χ4v) is 5.43. The van der Waals surface area contributed by atoms with E-state index in [1.54, 1.807) is 49.4 Å². The Morgan fingerprint density at radius 2 is 2.14 bits per heavy atom. The van der Waals surface area contributed by atoms with Crippen molar-refractivity contribution >= 4 is 44.4 Å². The van der Waals surface area contributed by atoms with Crippen molar-refractivity contribution in [3.05, 3.63) is 52.9 Å². The van der Waals surface area contributed by atoms with Gasteiger partial charge >= 0.3 is 6.03 Å². The Morgan fingerprint density at radius 1 is 1.31 bits per heavy atom. The fourth-order valence-electron chi connectivity index (χ4n) is 4.39. The number of methoxy groups -OCH3 is 1. The maximum Gasteiger partial charge on any atom is 0.327 e. The van der Waals surface area contributed by atoms with Crippen molar-refractivity contribution < 1.29 is 23.5 Å². The summed E-state index contributed by atoms with van der Waals surface area (Å²) >= 11 is 1.26. The molecule has 184 valence electrons. The summed E-state index contributed by atoms with van der Waals surface area (Å²) in [6.45, 7) is 2.95. The number of nitrogens with zero attached hydrogens (tertiary/aromatic N) is 3. The van der Waals surface area contributed by atoms with E-state index in [2.05, 4.69) is 16.2 Å². The number of rotatable bonds is 5. The van der Waals surface area contributed by atoms with Crippen LogP contribution in [-0.2, 0) is 4.74 Å². The van der Waals surface area contributed by atoms with E-state index in [4.69, 9.17) is 15.9 Å². The lowest BCUT2D eigenvalue weighted by molar-refractivity contribution is 0.0728. The second-order valence-corrected chi connectivity index (χ2v) is 9.48. The number of terminal acetylenes is 1. The van der Waals surface area contributed by atoms with Gasteiger partial charge in [-0.2, -0.15) is 0 Å². The predicted octanol–water partition coefficient (Wildman–Crippen LogP) is 4.54. The molecule has 1 N–H and O–H groups in total. The number of pyridine rings is 1. The third-order valence-corrected chi connectivity index (χ3v) is 7.31. The first-order valence-corrected chi connectivity index (χ1v) is 12.1. The van der Waals surface area contributed by atoms with Crippen LogP contribution in [0.2, 0.25) is 0 Å². The van der Waals surface area contributed by atoms with E-state index >= 15 is 4.39 Å². The molecule has 8 nitrogen and oxygen atoms in total. The van der Waals surface area contributed by atoms with E-state index in [-0.39, 0.29) is 29.7 Å². The highest BCUT2D eigenvalue weighted by Crippen LogP contribution is 2.38. The molecule has 1 fully saturated rings. The van der Waals surface area contributed by atoms with Gasteiger partial charge in [0.2, 0.25) is 0 Å². The standard InChI is InChI=1S/C26H23FN4O4S/c1-4-9-29-26(33)31-15(2)12-17-19(31)5-6-20(23(17)27)35-21-7-10-28-18-13-22(36-24(18)21)25(32)30-11-8-16(14-30)34-3/h1,5-7,10,12-13,16H,8-9,11,14H2,2-3H3,(H,29,33). The van der Waals surface area contributed by atoms with Crippen LogP contribution in [0.4, 0.5) is 9.18 Å². The van der Waals surface area contributed by atoms with Crippen LogP contribution in [0.1, 0.15) is 21.8 Å². The highest BCUT2D eigenvalue weighted by atomic mass is 32.1. The summed E-state index contributed by atoms with van der Waals surface area (Å²) < 4.78 is 28.8. The largest absolute Gasteiger partial charge is 0.453 e. The highest BCUT2D eigenvalue weighted by Gasteiger charge is 2.28. The number of aromatic nitrogens is 2. The molecule has 0 saturated carbocycles. The van der Waals surface area contributed by atoms with Crippen molar-refractivity contribution in [3.63, 3.8) is 0 Å². The van der Waals surface area contributed by atoms with E-state index in [1.165, 1.54) is 22.0 Å². The minimum Gasteiger partial charge on any atom is -0.453 e. The lowest BCUT2D eigenvalue weighted by Crippen LogP contribution is -2.29. The van der Waals surface area contributed by atoms with Gasteiger partial charge in [0.15, 0.2) is 11.6 Å². The average molecular weight is 507 g/mol. The van der Waals surface area contributed by atoms with E-state index in [0.717, 1.165) is 6.42 Å². The molecule has 3 aromatic heterocycles. The molecule has 0 aliphatic carbocycles. The summed E-state index contributed by atoms with van der Waals surface area (Å²) in [7, 11) is 1.65. The molecule has 1 atom stereocenters. The van der Waals surface area contributed by atoms with Crippen molar-refractivity contribution in [3.8, 4) is 23.8 Å². The summed E-state index contributed by atoms with van der Waals surface area (Å²) in [5, 5.41) is 2.84. The van der Waals surface area contributed by atoms with Gasteiger partial charge in [-0.25, -0.2) is 9.18 Å². The lowest BCUT2D eigenvalue weighted by Gasteiger charge is -2.14. The maximum atomic E-state index is 15.5. The van der Waals surface area contributed by atoms with Gasteiger partial charge in [0, 0.05) is 43.5 Å². The van der Waals surface area contributed by atoms with Gasteiger partial charge in [-0.05, 0) is 37.6 Å².